The number of aryl methyl sites for hydroxylation is 1. The van der Waals surface area contributed by atoms with Gasteiger partial charge in [-0.05, 0) is 39.3 Å². The smallest absolute Gasteiger partial charge is 0.261 e. The van der Waals surface area contributed by atoms with Crippen LogP contribution in [-0.4, -0.2) is 9.55 Å². The number of benzene rings is 1. The molecule has 1 aromatic carbocycles. The Morgan fingerprint density at radius 3 is 2.56 bits per heavy atom. The van der Waals surface area contributed by atoms with Crippen molar-refractivity contribution in [3.05, 3.63) is 40.4 Å². The average molecular weight is 216 g/mol. The van der Waals surface area contributed by atoms with Crippen molar-refractivity contribution >= 4 is 10.9 Å². The fourth-order valence-corrected chi connectivity index (χ4v) is 1.81. The van der Waals surface area contributed by atoms with Crippen LogP contribution in [0.1, 0.15) is 26.3 Å². The second-order valence-corrected chi connectivity index (χ2v) is 5.06. The van der Waals surface area contributed by atoms with Crippen molar-refractivity contribution in [2.75, 3.05) is 0 Å². The summed E-state index contributed by atoms with van der Waals surface area (Å²) in [5.74, 6) is 0. The Labute approximate surface area is 94.7 Å². The molecular weight excluding hydrogens is 200 g/mol. The van der Waals surface area contributed by atoms with Gasteiger partial charge >= 0.3 is 0 Å². The first-order chi connectivity index (χ1) is 7.41. The summed E-state index contributed by atoms with van der Waals surface area (Å²) in [6, 6.07) is 5.74. The van der Waals surface area contributed by atoms with Crippen molar-refractivity contribution in [2.45, 2.75) is 33.2 Å². The molecule has 0 unspecified atom stereocenters. The Kier molecular flexibility index (Phi) is 2.34. The van der Waals surface area contributed by atoms with Crippen LogP contribution in [0.5, 0.6) is 0 Å². The monoisotopic (exact) mass is 216 g/mol. The standard InChI is InChI=1S/C13H16N2O/c1-9-6-5-7-10-11(9)12(16)15(8-14-10)13(2,3)4/h5-8H,1-4H3. The minimum absolute atomic E-state index is 0.0376. The molecule has 0 atom stereocenters. The molecule has 2 aromatic rings. The van der Waals surface area contributed by atoms with E-state index in [9.17, 15) is 4.79 Å². The van der Waals surface area contributed by atoms with Gasteiger partial charge in [0.1, 0.15) is 0 Å². The van der Waals surface area contributed by atoms with Gasteiger partial charge in [0.05, 0.1) is 17.2 Å². The molecule has 1 heterocycles. The second-order valence-electron chi connectivity index (χ2n) is 5.06. The number of hydrogen-bond donors (Lipinski definition) is 0. The molecule has 0 fully saturated rings. The molecule has 0 aliphatic rings. The van der Waals surface area contributed by atoms with E-state index in [-0.39, 0.29) is 11.1 Å². The molecule has 0 spiro atoms. The van der Waals surface area contributed by atoms with E-state index in [1.807, 2.05) is 45.9 Å². The zero-order valence-electron chi connectivity index (χ0n) is 10.1. The molecule has 3 nitrogen and oxygen atoms in total. The third kappa shape index (κ3) is 1.62. The summed E-state index contributed by atoms with van der Waals surface area (Å²) in [4.78, 5) is 16.7. The van der Waals surface area contributed by atoms with Crippen LogP contribution < -0.4 is 5.56 Å². The van der Waals surface area contributed by atoms with Gasteiger partial charge in [-0.2, -0.15) is 0 Å². The van der Waals surface area contributed by atoms with Crippen molar-refractivity contribution in [3.8, 4) is 0 Å². The molecule has 84 valence electrons. The highest BCUT2D eigenvalue weighted by atomic mass is 16.1. The molecule has 0 saturated heterocycles. The van der Waals surface area contributed by atoms with Crippen LogP contribution in [0.4, 0.5) is 0 Å². The number of rotatable bonds is 0. The van der Waals surface area contributed by atoms with Crippen molar-refractivity contribution in [1.82, 2.24) is 9.55 Å². The van der Waals surface area contributed by atoms with E-state index in [1.54, 1.807) is 10.9 Å². The van der Waals surface area contributed by atoms with Gasteiger partial charge in [0.2, 0.25) is 0 Å². The Hall–Kier alpha value is -1.64. The van der Waals surface area contributed by atoms with Crippen molar-refractivity contribution in [3.63, 3.8) is 0 Å². The highest BCUT2D eigenvalue weighted by molar-refractivity contribution is 5.80. The molecule has 0 amide bonds. The summed E-state index contributed by atoms with van der Waals surface area (Å²) >= 11 is 0. The van der Waals surface area contributed by atoms with Gasteiger partial charge < -0.3 is 0 Å². The van der Waals surface area contributed by atoms with Crippen LogP contribution in [0.3, 0.4) is 0 Å². The largest absolute Gasteiger partial charge is 0.293 e. The molecule has 1 aromatic heterocycles. The van der Waals surface area contributed by atoms with Crippen LogP contribution >= 0.6 is 0 Å². The van der Waals surface area contributed by atoms with Crippen molar-refractivity contribution in [1.29, 1.82) is 0 Å². The number of aromatic nitrogens is 2. The number of fused-ring (bicyclic) bond motifs is 1. The maximum atomic E-state index is 12.3. The lowest BCUT2D eigenvalue weighted by atomic mass is 10.1. The Morgan fingerprint density at radius 2 is 1.94 bits per heavy atom. The first kappa shape index (κ1) is 10.9. The van der Waals surface area contributed by atoms with E-state index in [0.717, 1.165) is 16.5 Å². The molecule has 3 heteroatoms. The molecule has 16 heavy (non-hydrogen) atoms. The molecule has 0 N–H and O–H groups in total. The maximum Gasteiger partial charge on any atom is 0.261 e. The van der Waals surface area contributed by atoms with Gasteiger partial charge in [0, 0.05) is 5.54 Å². The minimum Gasteiger partial charge on any atom is -0.293 e. The summed E-state index contributed by atoms with van der Waals surface area (Å²) in [6.07, 6.45) is 1.63. The van der Waals surface area contributed by atoms with Gasteiger partial charge in [-0.25, -0.2) is 4.98 Å². The summed E-state index contributed by atoms with van der Waals surface area (Å²) in [6.45, 7) is 7.94. The summed E-state index contributed by atoms with van der Waals surface area (Å²) in [5.41, 5.74) is 1.55. The normalized spacial score (nSPS) is 12.0. The van der Waals surface area contributed by atoms with Gasteiger partial charge in [0.25, 0.3) is 5.56 Å². The van der Waals surface area contributed by atoms with Crippen molar-refractivity contribution < 1.29 is 0 Å². The van der Waals surface area contributed by atoms with Crippen LogP contribution in [0, 0.1) is 6.92 Å². The number of nitrogens with zero attached hydrogens (tertiary/aromatic N) is 2. The van der Waals surface area contributed by atoms with E-state index in [4.69, 9.17) is 0 Å². The van der Waals surface area contributed by atoms with E-state index in [0.29, 0.717) is 0 Å². The molecule has 0 aliphatic heterocycles. The lowest BCUT2D eigenvalue weighted by molar-refractivity contribution is 0.382. The van der Waals surface area contributed by atoms with Gasteiger partial charge in [-0.1, -0.05) is 12.1 Å². The van der Waals surface area contributed by atoms with E-state index >= 15 is 0 Å². The topological polar surface area (TPSA) is 34.9 Å². The van der Waals surface area contributed by atoms with Crippen molar-refractivity contribution in [2.24, 2.45) is 0 Å². The zero-order chi connectivity index (χ0) is 11.9. The zero-order valence-corrected chi connectivity index (χ0v) is 10.1. The second kappa shape index (κ2) is 3.44. The predicted molar refractivity (Wildman–Crippen MR) is 65.7 cm³/mol. The van der Waals surface area contributed by atoms with Crippen LogP contribution in [0.2, 0.25) is 0 Å². The Morgan fingerprint density at radius 1 is 1.25 bits per heavy atom. The van der Waals surface area contributed by atoms with E-state index in [2.05, 4.69) is 4.98 Å². The molecular formula is C13H16N2O. The number of hydrogen-bond acceptors (Lipinski definition) is 2. The summed E-state index contributed by atoms with van der Waals surface area (Å²) in [7, 11) is 0. The highest BCUT2D eigenvalue weighted by Crippen LogP contribution is 2.15. The van der Waals surface area contributed by atoms with Crippen LogP contribution in [0.15, 0.2) is 29.3 Å². The SMILES string of the molecule is Cc1cccc2ncn(C(C)(C)C)c(=O)c12. The van der Waals surface area contributed by atoms with E-state index < -0.39 is 0 Å². The fraction of sp³-hybridized carbons (Fsp3) is 0.385. The lowest BCUT2D eigenvalue weighted by Gasteiger charge is -2.22. The fourth-order valence-electron chi connectivity index (χ4n) is 1.81. The van der Waals surface area contributed by atoms with Crippen LogP contribution in [0.25, 0.3) is 10.9 Å². The molecule has 0 bridgehead atoms. The molecule has 2 rings (SSSR count). The summed E-state index contributed by atoms with van der Waals surface area (Å²) in [5, 5.41) is 0.722. The van der Waals surface area contributed by atoms with Gasteiger partial charge in [0.15, 0.2) is 0 Å². The lowest BCUT2D eigenvalue weighted by Crippen LogP contribution is -2.34. The van der Waals surface area contributed by atoms with Gasteiger partial charge in [-0.15, -0.1) is 0 Å². The quantitative estimate of drug-likeness (QED) is 0.678. The van der Waals surface area contributed by atoms with Gasteiger partial charge in [-0.3, -0.25) is 9.36 Å². The Bertz CT molecular complexity index is 591. The third-order valence-electron chi connectivity index (χ3n) is 2.72. The third-order valence-corrected chi connectivity index (χ3v) is 2.72. The maximum absolute atomic E-state index is 12.3. The summed E-state index contributed by atoms with van der Waals surface area (Å²) < 4.78 is 1.68. The molecule has 0 saturated carbocycles. The molecule has 0 aliphatic carbocycles. The first-order valence-corrected chi connectivity index (χ1v) is 5.39. The Balaban J connectivity index is 2.90. The van der Waals surface area contributed by atoms with E-state index in [1.165, 1.54) is 0 Å². The minimum atomic E-state index is -0.236. The first-order valence-electron chi connectivity index (χ1n) is 5.39. The highest BCUT2D eigenvalue weighted by Gasteiger charge is 2.16. The van der Waals surface area contributed by atoms with Crippen LogP contribution in [-0.2, 0) is 5.54 Å². The average Bonchev–Trinajstić information content (AvgIpc) is 2.16. The predicted octanol–water partition coefficient (Wildman–Crippen LogP) is 2.46. The molecule has 0 radical (unpaired) electrons.